The number of carbonyl (C=O) groups excluding carboxylic acids is 4. The summed E-state index contributed by atoms with van der Waals surface area (Å²) in [4.78, 5) is 56.0. The van der Waals surface area contributed by atoms with Crippen LogP contribution in [0.5, 0.6) is 46.0 Å². The Kier molecular flexibility index (Phi) is 27.1. The first-order valence-corrected chi connectivity index (χ1v) is 37.6. The third-order valence-corrected chi connectivity index (χ3v) is 20.7. The van der Waals surface area contributed by atoms with Gasteiger partial charge in [0.05, 0.1) is 48.7 Å². The molecule has 0 fully saturated rings. The van der Waals surface area contributed by atoms with Gasteiger partial charge < -0.3 is 59.8 Å². The number of aromatic hydroxyl groups is 8. The molecule has 12 N–H and O–H groups in total. The number of hydrogen-bond donors (Lipinski definition) is 12. The zero-order chi connectivity index (χ0) is 78.9. The van der Waals surface area contributed by atoms with Gasteiger partial charge in [-0.3, -0.25) is 40.4 Å². The lowest BCUT2D eigenvalue weighted by Gasteiger charge is -2.33. The van der Waals surface area contributed by atoms with Gasteiger partial charge >= 0.3 is 23.9 Å². The fourth-order valence-electron chi connectivity index (χ4n) is 14.8. The van der Waals surface area contributed by atoms with Crippen LogP contribution in [0.25, 0.3) is 0 Å². The van der Waals surface area contributed by atoms with Crippen molar-refractivity contribution in [1.29, 1.82) is 0 Å². The Bertz CT molecular complexity index is 3830. The first-order chi connectivity index (χ1) is 51.4. The summed E-state index contributed by atoms with van der Waals surface area (Å²) in [6.45, 7) is 27.6. The second kappa shape index (κ2) is 35.7. The molecule has 576 valence electrons. The number of phenolic OH excluding ortho intramolecular Hbond substituents is 8. The van der Waals surface area contributed by atoms with Gasteiger partial charge in [-0.25, -0.2) is 0 Å². The minimum absolute atomic E-state index is 0.0529. The predicted molar refractivity (Wildman–Crippen MR) is 416 cm³/mol. The predicted octanol–water partition coefficient (Wildman–Crippen LogP) is 14.3. The average molecular weight is 1480 g/mol. The first-order valence-electron chi connectivity index (χ1n) is 37.6. The topological polar surface area (TPSA) is 315 Å². The molecule has 1 aliphatic rings. The van der Waals surface area contributed by atoms with Crippen LogP contribution in [0, 0.1) is 51.4 Å². The number of fused-ring (bicyclic) bond motifs is 8. The highest BCUT2D eigenvalue weighted by atomic mass is 16.5. The number of esters is 4. The largest absolute Gasteiger partial charge is 0.507 e. The Morgan fingerprint density at radius 2 is 0.435 bits per heavy atom. The summed E-state index contributed by atoms with van der Waals surface area (Å²) in [6, 6.07) is 31.9. The number of carbonyl (C=O) groups is 4. The van der Waals surface area contributed by atoms with Crippen molar-refractivity contribution in [2.24, 2.45) is 23.7 Å². The molecule has 4 unspecified atom stereocenters. The molecule has 1 aliphatic carbocycles. The molecule has 9 rings (SSSR count). The van der Waals surface area contributed by atoms with E-state index in [4.69, 9.17) is 18.9 Å². The quantitative estimate of drug-likeness (QED) is 0.0160. The van der Waals surface area contributed by atoms with Crippen molar-refractivity contribution in [1.82, 2.24) is 21.3 Å². The van der Waals surface area contributed by atoms with E-state index in [9.17, 15) is 60.0 Å². The molecule has 8 bridgehead atoms. The van der Waals surface area contributed by atoms with Crippen molar-refractivity contribution in [3.63, 3.8) is 0 Å². The van der Waals surface area contributed by atoms with Crippen molar-refractivity contribution in [3.05, 3.63) is 233 Å². The minimum atomic E-state index is -1.32. The number of aryl methyl sites for hydroxylation is 4. The van der Waals surface area contributed by atoms with Crippen molar-refractivity contribution >= 4 is 23.9 Å². The number of ether oxygens (including phenoxy) is 4. The maximum atomic E-state index is 14.0. The van der Waals surface area contributed by atoms with Crippen LogP contribution in [0.15, 0.2) is 121 Å². The van der Waals surface area contributed by atoms with Gasteiger partial charge in [0.1, 0.15) is 70.2 Å². The van der Waals surface area contributed by atoms with Crippen LogP contribution < -0.4 is 21.3 Å². The Balaban J connectivity index is 1.60. The smallest absolute Gasteiger partial charge is 0.323 e. The van der Waals surface area contributed by atoms with Crippen LogP contribution in [0.2, 0.25) is 0 Å². The van der Waals surface area contributed by atoms with E-state index >= 15 is 0 Å². The van der Waals surface area contributed by atoms with Crippen LogP contribution in [-0.4, -0.2) is 115 Å². The van der Waals surface area contributed by atoms with Crippen molar-refractivity contribution in [2.45, 2.75) is 185 Å². The molecule has 0 amide bonds. The molecule has 8 aromatic rings. The molecule has 0 heterocycles. The van der Waals surface area contributed by atoms with E-state index in [-0.39, 0.29) is 93.2 Å². The molecule has 0 saturated heterocycles. The molecule has 20 heteroatoms. The molecule has 0 radical (unpaired) electrons. The van der Waals surface area contributed by atoms with Crippen molar-refractivity contribution in [2.75, 3.05) is 26.4 Å². The normalized spacial score (nSPS) is 16.1. The summed E-state index contributed by atoms with van der Waals surface area (Å²) in [5.74, 6) is -13.2. The lowest BCUT2D eigenvalue weighted by molar-refractivity contribution is -0.147. The lowest BCUT2D eigenvalue weighted by atomic mass is 9.73. The lowest BCUT2D eigenvalue weighted by Crippen LogP contribution is -2.41. The SMILES string of the molecule is CCOC(=O)C(NCc1c(O)c2cc(c1O)C(c1ccc(C)cc1)c1cc(c(O)c(CNC(C(=O)OCC)C(C)C)c1O)C(c1ccc(C)cc1)c1cc(c(O)c(CNC(C(=O)OCC)C(C)C)c1O)C(c1ccc(C)cc1)c1cc(c(O)c(CNC(C(=O)OCC)C(C)C)c1O)C2c1ccc(C)cc1)C(C)C. The maximum absolute atomic E-state index is 14.0. The highest BCUT2D eigenvalue weighted by Gasteiger charge is 2.41. The Morgan fingerprint density at radius 1 is 0.287 bits per heavy atom. The van der Waals surface area contributed by atoms with E-state index in [1.165, 1.54) is 0 Å². The number of nitrogens with one attached hydrogen (secondary N) is 4. The maximum Gasteiger partial charge on any atom is 0.323 e. The number of phenols is 8. The highest BCUT2D eigenvalue weighted by molar-refractivity contribution is 5.79. The fraction of sp³-hybridized carbons (Fsp3) is 0.409. The van der Waals surface area contributed by atoms with Gasteiger partial charge in [-0.2, -0.15) is 0 Å². The molecule has 8 aromatic carbocycles. The zero-order valence-corrected chi connectivity index (χ0v) is 65.0. The second-order valence-corrected chi connectivity index (χ2v) is 29.7. The summed E-state index contributed by atoms with van der Waals surface area (Å²) in [5.41, 5.74) is 5.19. The first kappa shape index (κ1) is 81.9. The van der Waals surface area contributed by atoms with Gasteiger partial charge in [-0.15, -0.1) is 0 Å². The molecule has 20 nitrogen and oxygen atoms in total. The van der Waals surface area contributed by atoms with Crippen molar-refractivity contribution < 1.29 is 79.0 Å². The van der Waals surface area contributed by atoms with Crippen LogP contribution in [0.3, 0.4) is 0 Å². The van der Waals surface area contributed by atoms with E-state index < -0.39 is 168 Å². The van der Waals surface area contributed by atoms with Crippen LogP contribution in [0.1, 0.15) is 218 Å². The standard InChI is InChI=1S/C88H108N4O16/c1-17-105-85(101)73(45(5)6)89-41-65-77(93)57-37-58(78(65)94)70(54-31-23-50(14)24-32-54)60-39-62(82(98)67(80(60)96)43-91-75(47(9)10)87(103)107-19-3)72(56-35-27-52(16)28-36-56)64-40-63(83(99)68(84(64)100)44-92-76(48(11)12)88(104)108-20-4)71(55-33-25-51(15)26-34-55)61-38-59(69(57)53-29-21-49(13)22-30-53)79(95)66(81(61)97)42-90-74(46(7)8)86(102)106-18-2/h21-40,45-48,69-76,89-100H,17-20,41-44H2,1-16H3. The highest BCUT2D eigenvalue weighted by Crippen LogP contribution is 2.57. The molecule has 0 spiro atoms. The van der Waals surface area contributed by atoms with Gasteiger partial charge in [-0.05, 0) is 126 Å². The molecular formula is C88H108N4O16. The molecule has 108 heavy (non-hydrogen) atoms. The Hall–Kier alpha value is -10.1. The van der Waals surface area contributed by atoms with Gasteiger partial charge in [0, 0.05) is 94.4 Å². The number of hydrogen-bond acceptors (Lipinski definition) is 20. The average Bonchev–Trinajstić information content (AvgIpc) is 0.726. The van der Waals surface area contributed by atoms with E-state index in [1.54, 1.807) is 52.0 Å². The molecule has 0 aliphatic heterocycles. The van der Waals surface area contributed by atoms with E-state index in [0.29, 0.717) is 22.3 Å². The van der Waals surface area contributed by atoms with Gasteiger partial charge in [0.25, 0.3) is 0 Å². The molecule has 0 aromatic heterocycles. The van der Waals surface area contributed by atoms with E-state index in [2.05, 4.69) is 21.3 Å². The summed E-state index contributed by atoms with van der Waals surface area (Å²) >= 11 is 0. The third-order valence-electron chi connectivity index (χ3n) is 20.7. The monoisotopic (exact) mass is 1480 g/mol. The van der Waals surface area contributed by atoms with Gasteiger partial charge in [0.15, 0.2) is 0 Å². The summed E-state index contributed by atoms with van der Waals surface area (Å²) in [6.07, 6.45) is 0. The third kappa shape index (κ3) is 17.5. The fourth-order valence-corrected chi connectivity index (χ4v) is 14.8. The molecule has 4 atom stereocenters. The summed E-state index contributed by atoms with van der Waals surface area (Å²) < 4.78 is 22.4. The summed E-state index contributed by atoms with van der Waals surface area (Å²) in [7, 11) is 0. The number of benzene rings is 8. The number of rotatable bonds is 28. The van der Waals surface area contributed by atoms with Crippen molar-refractivity contribution in [3.8, 4) is 46.0 Å². The zero-order valence-electron chi connectivity index (χ0n) is 65.0. The van der Waals surface area contributed by atoms with E-state index in [0.717, 1.165) is 22.3 Å². The minimum Gasteiger partial charge on any atom is -0.507 e. The van der Waals surface area contributed by atoms with Gasteiger partial charge in [-0.1, -0.05) is 175 Å². The Labute approximate surface area is 634 Å². The molecular weight excluding hydrogens is 1370 g/mol. The van der Waals surface area contributed by atoms with Crippen LogP contribution in [-0.2, 0) is 64.3 Å². The Morgan fingerprint density at radius 3 is 0.565 bits per heavy atom. The second-order valence-electron chi connectivity index (χ2n) is 29.7. The van der Waals surface area contributed by atoms with Gasteiger partial charge in [0.2, 0.25) is 0 Å². The van der Waals surface area contributed by atoms with Crippen LogP contribution >= 0.6 is 0 Å². The molecule has 0 saturated carbocycles. The van der Waals surface area contributed by atoms with Crippen LogP contribution in [0.4, 0.5) is 0 Å². The summed E-state index contributed by atoms with van der Waals surface area (Å²) in [5, 5.41) is 124. The van der Waals surface area contributed by atoms with E-state index in [1.807, 2.05) is 180 Å².